The van der Waals surface area contributed by atoms with Crippen LogP contribution in [-0.2, 0) is 0 Å². The summed E-state index contributed by atoms with van der Waals surface area (Å²) in [7, 11) is 3.77. The minimum absolute atomic E-state index is 0.206. The first-order valence-corrected chi connectivity index (χ1v) is 9.83. The second-order valence-corrected chi connectivity index (χ2v) is 7.16. The van der Waals surface area contributed by atoms with Crippen LogP contribution in [0.15, 0.2) is 54.6 Å². The van der Waals surface area contributed by atoms with Crippen LogP contribution in [-0.4, -0.2) is 62.7 Å². The number of hydrogen-bond acceptors (Lipinski definition) is 4. The van der Waals surface area contributed by atoms with Crippen LogP contribution in [0, 0.1) is 0 Å². The Morgan fingerprint density at radius 3 is 2.64 bits per heavy atom. The van der Waals surface area contributed by atoms with Crippen LogP contribution in [0.1, 0.15) is 18.0 Å². The Balaban J connectivity index is 1.46. The Bertz CT molecular complexity index is 753. The Kier molecular flexibility index (Phi) is 7.28. The first kappa shape index (κ1) is 20.2. The van der Waals surface area contributed by atoms with Crippen LogP contribution >= 0.6 is 0 Å². The van der Waals surface area contributed by atoms with Gasteiger partial charge in [0.05, 0.1) is 12.8 Å². The van der Waals surface area contributed by atoms with Crippen LogP contribution in [0.4, 0.5) is 10.5 Å². The van der Waals surface area contributed by atoms with E-state index in [1.54, 1.807) is 7.11 Å². The van der Waals surface area contributed by atoms with Gasteiger partial charge in [-0.05, 0) is 31.2 Å². The number of benzene rings is 2. The van der Waals surface area contributed by atoms with Gasteiger partial charge in [-0.25, -0.2) is 4.79 Å². The number of hydrogen-bond donors (Lipinski definition) is 2. The molecule has 150 valence electrons. The fraction of sp³-hybridized carbons (Fsp3) is 0.409. The van der Waals surface area contributed by atoms with E-state index in [4.69, 9.17) is 4.74 Å². The standard InChI is InChI=1S/C22H30N4O2/c1-25-15-16-26(20(17-25)18-9-4-3-5-10-18)14-8-13-23-22(27)24-19-11-6-7-12-21(19)28-2/h3-7,9-12,20H,8,13-17H2,1-2H3,(H2,23,24,27)/t20-/m1/s1. The highest BCUT2D eigenvalue weighted by molar-refractivity contribution is 5.90. The number of methoxy groups -OCH3 is 1. The maximum atomic E-state index is 12.2. The van der Waals surface area contributed by atoms with E-state index in [0.29, 0.717) is 24.0 Å². The molecule has 2 N–H and O–H groups in total. The average Bonchev–Trinajstić information content (AvgIpc) is 2.73. The van der Waals surface area contributed by atoms with Gasteiger partial charge in [0.25, 0.3) is 0 Å². The van der Waals surface area contributed by atoms with E-state index in [1.807, 2.05) is 24.3 Å². The highest BCUT2D eigenvalue weighted by Gasteiger charge is 2.25. The maximum absolute atomic E-state index is 12.2. The van der Waals surface area contributed by atoms with Gasteiger partial charge in [0.2, 0.25) is 0 Å². The SMILES string of the molecule is COc1ccccc1NC(=O)NCCCN1CCN(C)C[C@@H]1c1ccccc1. The third kappa shape index (κ3) is 5.47. The molecule has 3 rings (SSSR count). The molecule has 6 heteroatoms. The number of anilines is 1. The second kappa shape index (κ2) is 10.1. The molecule has 1 aliphatic rings. The topological polar surface area (TPSA) is 56.8 Å². The molecule has 0 bridgehead atoms. The smallest absolute Gasteiger partial charge is 0.319 e. The summed E-state index contributed by atoms with van der Waals surface area (Å²) in [4.78, 5) is 17.1. The second-order valence-electron chi connectivity index (χ2n) is 7.16. The molecule has 1 atom stereocenters. The van der Waals surface area contributed by atoms with Crippen molar-refractivity contribution in [3.8, 4) is 5.75 Å². The number of nitrogens with zero attached hydrogens (tertiary/aromatic N) is 2. The number of piperazine rings is 1. The molecular formula is C22H30N4O2. The third-order valence-electron chi connectivity index (χ3n) is 5.14. The predicted octanol–water partition coefficient (Wildman–Crippen LogP) is 3.20. The fourth-order valence-corrected chi connectivity index (χ4v) is 3.61. The lowest BCUT2D eigenvalue weighted by molar-refractivity contribution is 0.0890. The minimum Gasteiger partial charge on any atom is -0.495 e. The van der Waals surface area contributed by atoms with Crippen LogP contribution < -0.4 is 15.4 Å². The van der Waals surface area contributed by atoms with E-state index in [2.05, 4.69) is 57.8 Å². The van der Waals surface area contributed by atoms with Gasteiger partial charge in [0.15, 0.2) is 0 Å². The predicted molar refractivity (Wildman–Crippen MR) is 113 cm³/mol. The van der Waals surface area contributed by atoms with Gasteiger partial charge < -0.3 is 20.3 Å². The molecular weight excluding hydrogens is 352 g/mol. The van der Waals surface area contributed by atoms with Gasteiger partial charge in [-0.15, -0.1) is 0 Å². The number of rotatable bonds is 7. The molecule has 0 saturated carbocycles. The summed E-state index contributed by atoms with van der Waals surface area (Å²) in [5, 5.41) is 5.79. The highest BCUT2D eigenvalue weighted by Crippen LogP contribution is 2.25. The molecule has 2 aromatic rings. The summed E-state index contributed by atoms with van der Waals surface area (Å²) in [6, 6.07) is 18.3. The summed E-state index contributed by atoms with van der Waals surface area (Å²) in [5.41, 5.74) is 2.03. The molecule has 1 heterocycles. The van der Waals surface area contributed by atoms with Crippen molar-refractivity contribution >= 4 is 11.7 Å². The number of carbonyl (C=O) groups is 1. The summed E-state index contributed by atoms with van der Waals surface area (Å²) >= 11 is 0. The maximum Gasteiger partial charge on any atom is 0.319 e. The highest BCUT2D eigenvalue weighted by atomic mass is 16.5. The van der Waals surface area contributed by atoms with Gasteiger partial charge in [0, 0.05) is 38.8 Å². The number of ether oxygens (including phenoxy) is 1. The van der Waals surface area contributed by atoms with Crippen molar-refractivity contribution < 1.29 is 9.53 Å². The number of para-hydroxylation sites is 2. The van der Waals surface area contributed by atoms with Gasteiger partial charge in [0.1, 0.15) is 5.75 Å². The zero-order chi connectivity index (χ0) is 19.8. The fourth-order valence-electron chi connectivity index (χ4n) is 3.61. The summed E-state index contributed by atoms with van der Waals surface area (Å²) in [5.74, 6) is 0.654. The molecule has 0 radical (unpaired) electrons. The molecule has 1 fully saturated rings. The number of likely N-dealkylation sites (N-methyl/N-ethyl adjacent to an activating group) is 1. The number of amides is 2. The van der Waals surface area contributed by atoms with Crippen molar-refractivity contribution in [1.82, 2.24) is 15.1 Å². The van der Waals surface area contributed by atoms with E-state index in [1.165, 1.54) is 5.56 Å². The van der Waals surface area contributed by atoms with E-state index in [9.17, 15) is 4.79 Å². The number of urea groups is 1. The largest absolute Gasteiger partial charge is 0.495 e. The van der Waals surface area contributed by atoms with Gasteiger partial charge in [-0.2, -0.15) is 0 Å². The molecule has 0 spiro atoms. The molecule has 0 aromatic heterocycles. The Labute approximate surface area is 167 Å². The van der Waals surface area contributed by atoms with Crippen molar-refractivity contribution in [3.05, 3.63) is 60.2 Å². The van der Waals surface area contributed by atoms with Crippen molar-refractivity contribution in [2.75, 3.05) is 52.2 Å². The van der Waals surface area contributed by atoms with E-state index >= 15 is 0 Å². The zero-order valence-electron chi connectivity index (χ0n) is 16.7. The normalized spacial score (nSPS) is 17.9. The van der Waals surface area contributed by atoms with Crippen LogP contribution in [0.5, 0.6) is 5.75 Å². The van der Waals surface area contributed by atoms with Crippen LogP contribution in [0.2, 0.25) is 0 Å². The van der Waals surface area contributed by atoms with E-state index < -0.39 is 0 Å². The molecule has 0 unspecified atom stereocenters. The molecule has 1 aliphatic heterocycles. The van der Waals surface area contributed by atoms with Gasteiger partial charge in [-0.3, -0.25) is 4.90 Å². The van der Waals surface area contributed by atoms with E-state index in [-0.39, 0.29) is 6.03 Å². The first-order chi connectivity index (χ1) is 13.7. The molecule has 1 saturated heterocycles. The van der Waals surface area contributed by atoms with Crippen molar-refractivity contribution in [2.24, 2.45) is 0 Å². The van der Waals surface area contributed by atoms with Gasteiger partial charge in [-0.1, -0.05) is 42.5 Å². The number of nitrogens with one attached hydrogen (secondary N) is 2. The summed E-state index contributed by atoms with van der Waals surface area (Å²) in [6.45, 7) is 4.75. The van der Waals surface area contributed by atoms with Crippen molar-refractivity contribution in [3.63, 3.8) is 0 Å². The van der Waals surface area contributed by atoms with Gasteiger partial charge >= 0.3 is 6.03 Å². The Morgan fingerprint density at radius 1 is 1.11 bits per heavy atom. The monoisotopic (exact) mass is 382 g/mol. The lowest BCUT2D eigenvalue weighted by atomic mass is 10.0. The molecule has 6 nitrogen and oxygen atoms in total. The molecule has 0 aliphatic carbocycles. The Morgan fingerprint density at radius 2 is 1.86 bits per heavy atom. The molecule has 2 aromatic carbocycles. The lowest BCUT2D eigenvalue weighted by Gasteiger charge is -2.40. The minimum atomic E-state index is -0.206. The van der Waals surface area contributed by atoms with Crippen molar-refractivity contribution in [2.45, 2.75) is 12.5 Å². The van der Waals surface area contributed by atoms with Crippen LogP contribution in [0.3, 0.4) is 0 Å². The summed E-state index contributed by atoms with van der Waals surface area (Å²) < 4.78 is 5.26. The summed E-state index contributed by atoms with van der Waals surface area (Å²) in [6.07, 6.45) is 0.909. The van der Waals surface area contributed by atoms with Crippen LogP contribution in [0.25, 0.3) is 0 Å². The van der Waals surface area contributed by atoms with E-state index in [0.717, 1.165) is 32.6 Å². The molecule has 2 amide bonds. The van der Waals surface area contributed by atoms with Crippen molar-refractivity contribution in [1.29, 1.82) is 0 Å². The zero-order valence-corrected chi connectivity index (χ0v) is 16.7. The average molecular weight is 383 g/mol. The third-order valence-corrected chi connectivity index (χ3v) is 5.14. The Hall–Kier alpha value is -2.57. The quantitative estimate of drug-likeness (QED) is 0.722. The number of carbonyl (C=O) groups excluding carboxylic acids is 1. The molecule has 28 heavy (non-hydrogen) atoms. The first-order valence-electron chi connectivity index (χ1n) is 9.83. The lowest BCUT2D eigenvalue weighted by Crippen LogP contribution is -2.47.